The maximum atomic E-state index is 11.8. The topological polar surface area (TPSA) is 123 Å². The van der Waals surface area contributed by atoms with Crippen molar-refractivity contribution >= 4 is 33.3 Å². The molecule has 9 nitrogen and oxygen atoms in total. The van der Waals surface area contributed by atoms with Gasteiger partial charge >= 0.3 is 6.03 Å². The van der Waals surface area contributed by atoms with Gasteiger partial charge in [-0.3, -0.25) is 5.32 Å². The molecule has 11 heteroatoms. The molecule has 112 valence electrons. The van der Waals surface area contributed by atoms with E-state index in [0.717, 1.165) is 11.3 Å². The maximum Gasteiger partial charge on any atom is 0.335 e. The lowest BCUT2D eigenvalue weighted by atomic mass is 10.4. The molecule has 0 fully saturated rings. The summed E-state index contributed by atoms with van der Waals surface area (Å²) >= 11 is 0.894. The van der Waals surface area contributed by atoms with Gasteiger partial charge in [0.15, 0.2) is 0 Å². The highest BCUT2D eigenvalue weighted by Gasteiger charge is 2.20. The van der Waals surface area contributed by atoms with Gasteiger partial charge in [0.05, 0.1) is 7.11 Å². The predicted molar refractivity (Wildman–Crippen MR) is 74.8 cm³/mol. The molecule has 2 rings (SSSR count). The number of thiazole rings is 1. The summed E-state index contributed by atoms with van der Waals surface area (Å²) in [4.78, 5) is 23.1. The molecular weight excluding hydrogens is 318 g/mol. The average molecular weight is 329 g/mol. The summed E-state index contributed by atoms with van der Waals surface area (Å²) in [7, 11) is -2.59. The number of methoxy groups -OCH3 is 1. The second-order valence-electron chi connectivity index (χ2n) is 3.73. The average Bonchev–Trinajstić information content (AvgIpc) is 2.91. The zero-order valence-corrected chi connectivity index (χ0v) is 12.7. The van der Waals surface area contributed by atoms with Crippen molar-refractivity contribution in [2.24, 2.45) is 0 Å². The molecular formula is C10H11N5O4S2. The number of ether oxygens (including phenoxy) is 1. The second-order valence-corrected chi connectivity index (χ2v) is 6.48. The van der Waals surface area contributed by atoms with E-state index in [1.165, 1.54) is 18.7 Å². The largest absolute Gasteiger partial charge is 0.481 e. The number of carbonyl (C=O) groups is 1. The highest BCUT2D eigenvalue weighted by atomic mass is 32.2. The molecule has 0 aromatic carbocycles. The number of amides is 2. The van der Waals surface area contributed by atoms with Gasteiger partial charge in [-0.2, -0.15) is 13.4 Å². The Kier molecular flexibility index (Phi) is 4.33. The molecule has 2 heterocycles. The predicted octanol–water partition coefficient (Wildman–Crippen LogP) is 0.761. The molecule has 0 saturated carbocycles. The van der Waals surface area contributed by atoms with E-state index in [0.29, 0.717) is 5.69 Å². The molecule has 0 aliphatic rings. The molecule has 2 aromatic rings. The first-order valence-electron chi connectivity index (χ1n) is 5.53. The molecule has 0 atom stereocenters. The zero-order valence-electron chi connectivity index (χ0n) is 11.0. The van der Waals surface area contributed by atoms with Crippen LogP contribution in [0.25, 0.3) is 0 Å². The molecule has 0 saturated heterocycles. The number of anilines is 1. The number of aryl methyl sites for hydroxylation is 1. The van der Waals surface area contributed by atoms with Crippen LogP contribution in [0.2, 0.25) is 0 Å². The Morgan fingerprint density at radius 1 is 1.38 bits per heavy atom. The van der Waals surface area contributed by atoms with E-state index >= 15 is 0 Å². The van der Waals surface area contributed by atoms with Gasteiger partial charge in [0.2, 0.25) is 16.2 Å². The van der Waals surface area contributed by atoms with Crippen LogP contribution in [0.1, 0.15) is 5.69 Å². The fourth-order valence-electron chi connectivity index (χ4n) is 1.34. The van der Waals surface area contributed by atoms with Gasteiger partial charge in [-0.1, -0.05) is 0 Å². The smallest absolute Gasteiger partial charge is 0.335 e. The summed E-state index contributed by atoms with van der Waals surface area (Å²) < 4.78 is 30.1. The number of rotatable bonds is 4. The van der Waals surface area contributed by atoms with Crippen LogP contribution in [0.5, 0.6) is 5.88 Å². The minimum atomic E-state index is -4.00. The van der Waals surface area contributed by atoms with E-state index < -0.39 is 16.1 Å². The summed E-state index contributed by atoms with van der Waals surface area (Å²) in [5.74, 6) is 0.180. The Bertz CT molecular complexity index is 745. The molecule has 0 aliphatic carbocycles. The summed E-state index contributed by atoms with van der Waals surface area (Å²) in [5, 5.41) is 3.71. The van der Waals surface area contributed by atoms with Crippen molar-refractivity contribution in [2.45, 2.75) is 11.3 Å². The monoisotopic (exact) mass is 329 g/mol. The van der Waals surface area contributed by atoms with Gasteiger partial charge in [0, 0.05) is 23.3 Å². The van der Waals surface area contributed by atoms with Gasteiger partial charge < -0.3 is 4.74 Å². The number of urea groups is 1. The van der Waals surface area contributed by atoms with Crippen LogP contribution in [-0.2, 0) is 10.0 Å². The van der Waals surface area contributed by atoms with Crippen LogP contribution in [0.3, 0.4) is 0 Å². The first-order chi connectivity index (χ1) is 9.90. The van der Waals surface area contributed by atoms with Gasteiger partial charge in [-0.15, -0.1) is 11.3 Å². The van der Waals surface area contributed by atoms with E-state index in [4.69, 9.17) is 4.74 Å². The van der Waals surface area contributed by atoms with Crippen molar-refractivity contribution in [3.05, 3.63) is 23.3 Å². The van der Waals surface area contributed by atoms with Crippen LogP contribution >= 0.6 is 11.3 Å². The lowest BCUT2D eigenvalue weighted by Gasteiger charge is -2.07. The third kappa shape index (κ3) is 3.86. The van der Waals surface area contributed by atoms with Crippen molar-refractivity contribution in [1.29, 1.82) is 0 Å². The Labute approximate surface area is 124 Å². The molecule has 2 N–H and O–H groups in total. The van der Waals surface area contributed by atoms with Crippen LogP contribution < -0.4 is 14.8 Å². The Balaban J connectivity index is 2.10. The Hall–Kier alpha value is -2.27. The van der Waals surface area contributed by atoms with Gasteiger partial charge in [-0.25, -0.2) is 19.5 Å². The summed E-state index contributed by atoms with van der Waals surface area (Å²) in [6.45, 7) is 1.68. The van der Waals surface area contributed by atoms with Crippen molar-refractivity contribution in [1.82, 2.24) is 19.7 Å². The van der Waals surface area contributed by atoms with Gasteiger partial charge in [-0.05, 0) is 6.92 Å². The van der Waals surface area contributed by atoms with E-state index in [2.05, 4.69) is 20.3 Å². The molecule has 2 amide bonds. The number of sulfonamides is 1. The molecule has 0 spiro atoms. The van der Waals surface area contributed by atoms with Crippen molar-refractivity contribution in [2.75, 3.05) is 12.4 Å². The first kappa shape index (κ1) is 15.1. The standard InChI is InChI=1S/C10H11N5O4S2/c1-6-5-7(19-2)13-8(12-6)14-9(16)15-21(17,18)10-11-3-4-20-10/h3-5H,1-2H3,(H2,12,13,14,15,16). The van der Waals surface area contributed by atoms with Gasteiger partial charge in [0.1, 0.15) is 0 Å². The lowest BCUT2D eigenvalue weighted by Crippen LogP contribution is -2.34. The van der Waals surface area contributed by atoms with E-state index in [1.54, 1.807) is 13.0 Å². The summed E-state index contributed by atoms with van der Waals surface area (Å²) in [6.07, 6.45) is 1.33. The molecule has 0 bridgehead atoms. The third-order valence-corrected chi connectivity index (χ3v) is 4.66. The molecule has 0 radical (unpaired) electrons. The molecule has 0 aliphatic heterocycles. The summed E-state index contributed by atoms with van der Waals surface area (Å²) in [6, 6.07) is 0.577. The highest BCUT2D eigenvalue weighted by Crippen LogP contribution is 2.13. The van der Waals surface area contributed by atoms with E-state index in [9.17, 15) is 13.2 Å². The quantitative estimate of drug-likeness (QED) is 0.848. The first-order valence-corrected chi connectivity index (χ1v) is 7.90. The maximum absolute atomic E-state index is 11.8. The highest BCUT2D eigenvalue weighted by molar-refractivity contribution is 7.92. The molecule has 21 heavy (non-hydrogen) atoms. The minimum Gasteiger partial charge on any atom is -0.481 e. The fourth-order valence-corrected chi connectivity index (χ4v) is 3.08. The SMILES string of the molecule is COc1cc(C)nc(NC(=O)NS(=O)(=O)c2nccs2)n1. The fraction of sp³-hybridized carbons (Fsp3) is 0.200. The van der Waals surface area contributed by atoms with Crippen LogP contribution in [-0.4, -0.2) is 36.5 Å². The minimum absolute atomic E-state index is 0.0707. The third-order valence-electron chi connectivity index (χ3n) is 2.13. The number of carbonyl (C=O) groups excluding carboxylic acids is 1. The van der Waals surface area contributed by atoms with Crippen LogP contribution in [0, 0.1) is 6.92 Å². The second kappa shape index (κ2) is 6.01. The van der Waals surface area contributed by atoms with Gasteiger partial charge in [0.25, 0.3) is 10.0 Å². The number of aromatic nitrogens is 3. The van der Waals surface area contributed by atoms with Crippen LogP contribution in [0.15, 0.2) is 22.0 Å². The van der Waals surface area contributed by atoms with Crippen LogP contribution in [0.4, 0.5) is 10.7 Å². The van der Waals surface area contributed by atoms with Crippen molar-refractivity contribution in [3.8, 4) is 5.88 Å². The number of nitrogens with zero attached hydrogens (tertiary/aromatic N) is 3. The Morgan fingerprint density at radius 2 is 2.14 bits per heavy atom. The zero-order chi connectivity index (χ0) is 15.5. The lowest BCUT2D eigenvalue weighted by molar-refractivity contribution is 0.256. The Morgan fingerprint density at radius 3 is 2.76 bits per heavy atom. The summed E-state index contributed by atoms with van der Waals surface area (Å²) in [5.41, 5.74) is 0.555. The van der Waals surface area contributed by atoms with E-state index in [1.807, 2.05) is 4.72 Å². The molecule has 2 aromatic heterocycles. The number of hydrogen-bond donors (Lipinski definition) is 2. The number of hydrogen-bond acceptors (Lipinski definition) is 8. The van der Waals surface area contributed by atoms with E-state index in [-0.39, 0.29) is 16.2 Å². The van der Waals surface area contributed by atoms with Crippen molar-refractivity contribution < 1.29 is 17.9 Å². The van der Waals surface area contributed by atoms with Crippen molar-refractivity contribution in [3.63, 3.8) is 0 Å². The molecule has 0 unspecified atom stereocenters. The number of nitrogens with one attached hydrogen (secondary N) is 2. The normalized spacial score (nSPS) is 11.0.